The van der Waals surface area contributed by atoms with E-state index in [1.54, 1.807) is 62.6 Å². The molecule has 9 rings (SSSR count). The highest BCUT2D eigenvalue weighted by Gasteiger charge is 2.43. The molecule has 5 heterocycles. The number of ether oxygens (including phenoxy) is 8. The number of carbonyl (C=O) groups is 8. The van der Waals surface area contributed by atoms with Gasteiger partial charge in [0.25, 0.3) is 5.56 Å². The van der Waals surface area contributed by atoms with Gasteiger partial charge in [-0.3, -0.25) is 33.6 Å². The number of fused-ring (bicyclic) bond motifs is 6. The van der Waals surface area contributed by atoms with Gasteiger partial charge in [0, 0.05) is 66.5 Å². The summed E-state index contributed by atoms with van der Waals surface area (Å²) in [6.45, 7) is 18.7. The Bertz CT molecular complexity index is 4080. The minimum Gasteiger partial charge on any atom is -0.490 e. The van der Waals surface area contributed by atoms with Crippen molar-refractivity contribution in [2.75, 3.05) is 97.6 Å². The van der Waals surface area contributed by atoms with E-state index in [1.807, 2.05) is 4.68 Å². The van der Waals surface area contributed by atoms with Gasteiger partial charge in [-0.15, -0.1) is 5.10 Å². The Hall–Kier alpha value is -9.11. The van der Waals surface area contributed by atoms with Crippen LogP contribution in [0.2, 0.25) is 0 Å². The highest BCUT2D eigenvalue weighted by molar-refractivity contribution is 5.98. The Balaban J connectivity index is 0.626. The number of benzene rings is 2. The standard InChI is InChI=1S/C76H103FN12O18/c1-9-76(99)47(5)105-42-54-55(76)37-60-69-53(40-88(60)72(54)96)67-57(22-21-52-46(4)56(77)38-59(84-69)66(52)67)83-65(94)43-104-27-23-51(90)39-81-74(98)107-41-48-17-19-50(20-18-48)82-71(95)49(14-13-25-80-73(78)97)36-61(91)68(45(2)3)85-63(92)24-28-100-30-32-102-34-35-103-33-31-101-29-26-79-64(93)44-106-62-16-12-10-11-15-58-70(62)89(87-86-58)75(6,7)8/h17-20,37-38,45,49,57,62,68,99H,5,9-16,21-36,39-44H2,1-4,6-8H3,(H,79,93)(H,81,98)(H,82,95)(H,83,94)(H,85,92)(H3,78,80,97)/t49-,57+,62?,68+,76-/m1/s1. The summed E-state index contributed by atoms with van der Waals surface area (Å²) in [5.74, 6) is -3.83. The van der Waals surface area contributed by atoms with E-state index in [-0.39, 0.29) is 139 Å². The Labute approximate surface area is 621 Å². The number of urea groups is 1. The van der Waals surface area contributed by atoms with Crippen molar-refractivity contribution in [2.45, 2.75) is 181 Å². The first-order chi connectivity index (χ1) is 51.3. The Kier molecular flexibility index (Phi) is 29.6. The molecule has 0 radical (unpaired) electrons. The van der Waals surface area contributed by atoms with E-state index in [1.165, 1.54) is 6.07 Å². The Morgan fingerprint density at radius 3 is 2.23 bits per heavy atom. The van der Waals surface area contributed by atoms with Crippen molar-refractivity contribution in [1.82, 2.24) is 51.1 Å². The molecule has 0 saturated carbocycles. The molecule has 1 unspecified atom stereocenters. The van der Waals surface area contributed by atoms with Crippen molar-refractivity contribution in [3.05, 3.63) is 115 Å². The molecule has 3 aromatic heterocycles. The molecule has 0 spiro atoms. The highest BCUT2D eigenvalue weighted by Crippen LogP contribution is 2.47. The van der Waals surface area contributed by atoms with Crippen molar-refractivity contribution in [3.63, 3.8) is 0 Å². The number of Topliss-reactive ketones (excluding diaryl/α,β-unsaturated/α-hetero) is 2. The summed E-state index contributed by atoms with van der Waals surface area (Å²) in [4.78, 5) is 123. The monoisotopic (exact) mass is 1490 g/mol. The number of primary amides is 1. The lowest BCUT2D eigenvalue weighted by molar-refractivity contribution is -0.131. The van der Waals surface area contributed by atoms with Gasteiger partial charge < -0.3 is 85.2 Å². The number of nitrogens with one attached hydrogen (secondary N) is 6. The van der Waals surface area contributed by atoms with E-state index in [0.717, 1.165) is 54.6 Å². The van der Waals surface area contributed by atoms with Gasteiger partial charge in [-0.25, -0.2) is 23.6 Å². The molecule has 9 N–H and O–H groups in total. The topological polar surface area (TPSA) is 394 Å². The third-order valence-corrected chi connectivity index (χ3v) is 19.5. The largest absolute Gasteiger partial charge is 0.490 e. The van der Waals surface area contributed by atoms with Gasteiger partial charge in [0.15, 0.2) is 11.6 Å². The zero-order chi connectivity index (χ0) is 77.0. The van der Waals surface area contributed by atoms with Gasteiger partial charge in [-0.05, 0) is 125 Å². The van der Waals surface area contributed by atoms with Crippen LogP contribution in [0, 0.1) is 24.6 Å². The fraction of sp³-hybridized carbons (Fsp3) is 0.579. The quantitative estimate of drug-likeness (QED) is 0.0192. The van der Waals surface area contributed by atoms with Crippen LogP contribution in [-0.4, -0.2) is 175 Å². The number of halogens is 1. The molecule has 30 nitrogen and oxygen atoms in total. The molecule has 5 atom stereocenters. The second kappa shape index (κ2) is 38.6. The molecule has 107 heavy (non-hydrogen) atoms. The first-order valence-corrected chi connectivity index (χ1v) is 36.9. The van der Waals surface area contributed by atoms with Gasteiger partial charge in [0.2, 0.25) is 23.6 Å². The molecule has 2 aliphatic heterocycles. The molecule has 0 bridgehead atoms. The molecule has 582 valence electrons. The molecule has 0 fully saturated rings. The number of aryl methyl sites for hydroxylation is 2. The maximum Gasteiger partial charge on any atom is 0.407 e. The summed E-state index contributed by atoms with van der Waals surface area (Å²) < 4.78 is 64.0. The number of nitrogens with two attached hydrogens (primary N) is 1. The molecule has 5 aromatic rings. The molecular formula is C76H103FN12O18. The maximum absolute atomic E-state index is 15.4. The lowest BCUT2D eigenvalue weighted by atomic mass is 9.81. The number of nitrogens with zero attached hydrogens (tertiary/aromatic N) is 5. The normalized spacial score (nSPS) is 17.1. The summed E-state index contributed by atoms with van der Waals surface area (Å²) in [5, 5.41) is 37.6. The summed E-state index contributed by atoms with van der Waals surface area (Å²) in [7, 11) is 0. The number of aliphatic hydroxyl groups is 1. The number of amides is 7. The van der Waals surface area contributed by atoms with Crippen LogP contribution in [0.3, 0.4) is 0 Å². The minimum absolute atomic E-state index is 0.0306. The summed E-state index contributed by atoms with van der Waals surface area (Å²) in [6.07, 6.45) is 4.82. The van der Waals surface area contributed by atoms with Crippen LogP contribution in [0.25, 0.3) is 22.3 Å². The first kappa shape index (κ1) is 82.0. The van der Waals surface area contributed by atoms with Crippen molar-refractivity contribution < 1.29 is 85.7 Å². The Morgan fingerprint density at radius 1 is 0.822 bits per heavy atom. The maximum atomic E-state index is 15.4. The third kappa shape index (κ3) is 21.8. The van der Waals surface area contributed by atoms with E-state index in [4.69, 9.17) is 48.6 Å². The number of hydrogen-bond acceptors (Lipinski definition) is 21. The first-order valence-electron chi connectivity index (χ1n) is 36.9. The van der Waals surface area contributed by atoms with Crippen molar-refractivity contribution in [1.29, 1.82) is 0 Å². The zero-order valence-corrected chi connectivity index (χ0v) is 62.3. The van der Waals surface area contributed by atoms with E-state index in [9.17, 15) is 48.3 Å². The number of anilines is 1. The average Bonchev–Trinajstić information content (AvgIpc) is 1.59. The number of alkyl carbamates (subject to hydrolysis) is 1. The second-order valence-corrected chi connectivity index (χ2v) is 28.6. The fourth-order valence-electron chi connectivity index (χ4n) is 13.7. The van der Waals surface area contributed by atoms with Crippen molar-refractivity contribution in [2.24, 2.45) is 17.6 Å². The van der Waals surface area contributed by atoms with Crippen LogP contribution in [0.1, 0.15) is 175 Å². The van der Waals surface area contributed by atoms with Crippen LogP contribution in [0.5, 0.6) is 0 Å². The molecule has 0 saturated heterocycles. The number of pyridine rings is 2. The van der Waals surface area contributed by atoms with E-state index in [0.29, 0.717) is 115 Å². The number of rotatable bonds is 40. The summed E-state index contributed by atoms with van der Waals surface area (Å²) in [5.41, 5.74) is 10.4. The van der Waals surface area contributed by atoms with Crippen molar-refractivity contribution in [3.8, 4) is 11.4 Å². The van der Waals surface area contributed by atoms with Gasteiger partial charge in [0.1, 0.15) is 49.7 Å². The fourth-order valence-corrected chi connectivity index (χ4v) is 13.7. The van der Waals surface area contributed by atoms with Crippen LogP contribution >= 0.6 is 0 Å². The van der Waals surface area contributed by atoms with Gasteiger partial charge in [-0.1, -0.05) is 57.5 Å². The molecular weight excluding hydrogens is 1390 g/mol. The third-order valence-electron chi connectivity index (χ3n) is 19.5. The number of hydrogen-bond donors (Lipinski definition) is 8. The molecule has 7 amide bonds. The number of ketones is 2. The smallest absolute Gasteiger partial charge is 0.407 e. The minimum atomic E-state index is -1.61. The summed E-state index contributed by atoms with van der Waals surface area (Å²) >= 11 is 0. The van der Waals surface area contributed by atoms with E-state index >= 15 is 4.39 Å². The Morgan fingerprint density at radius 2 is 1.53 bits per heavy atom. The second-order valence-electron chi connectivity index (χ2n) is 28.6. The zero-order valence-electron chi connectivity index (χ0n) is 62.3. The van der Waals surface area contributed by atoms with E-state index in [2.05, 4.69) is 69.6 Å². The lowest BCUT2D eigenvalue weighted by Crippen LogP contribution is -2.45. The lowest BCUT2D eigenvalue weighted by Gasteiger charge is -2.35. The van der Waals surface area contributed by atoms with Crippen LogP contribution in [-0.2, 0) is 110 Å². The van der Waals surface area contributed by atoms with Gasteiger partial charge >= 0.3 is 12.1 Å². The van der Waals surface area contributed by atoms with Crippen LogP contribution in [0.15, 0.2) is 53.5 Å². The van der Waals surface area contributed by atoms with E-state index < -0.39 is 71.7 Å². The molecule has 31 heteroatoms. The SMILES string of the molecule is C=C1OCc2c(cc3n(c2=O)Cc2c-3nc3cc(F)c(C)c4c3c2[C@@H](NC(=O)COCCC(=O)CNC(=O)OCc2ccc(NC(=O)[C@H](CCCNC(N)=O)CC(=O)[C@@H](NC(=O)CCOCCOCCOCCOCCNC(=O)COC3CCCCCc5nnn(C(C)(C)C)c53)C(C)C)cc2)CC4)[C@@]1(O)CC. The number of aromatic nitrogens is 5. The molecule has 2 aromatic carbocycles. The highest BCUT2D eigenvalue weighted by atomic mass is 19.1. The van der Waals surface area contributed by atoms with Gasteiger partial charge in [0.05, 0.1) is 124 Å². The predicted molar refractivity (Wildman–Crippen MR) is 390 cm³/mol. The van der Waals surface area contributed by atoms with Crippen LogP contribution in [0.4, 0.5) is 19.7 Å². The number of carbonyl (C=O) groups excluding carboxylic acids is 8. The van der Waals surface area contributed by atoms with Crippen LogP contribution < -0.4 is 43.2 Å². The predicted octanol–water partition coefficient (Wildman–Crippen LogP) is 6.42. The molecule has 4 aliphatic rings. The molecule has 2 aliphatic carbocycles. The van der Waals surface area contributed by atoms with Crippen molar-refractivity contribution >= 4 is 63.9 Å². The van der Waals surface area contributed by atoms with Gasteiger partial charge in [-0.2, -0.15) is 0 Å². The summed E-state index contributed by atoms with van der Waals surface area (Å²) in [6, 6.07) is 7.28. The average molecular weight is 1490 g/mol.